The number of hydrazine groups is 1. The molecule has 1 spiro atoms. The van der Waals surface area contributed by atoms with E-state index < -0.39 is 0 Å². The molecule has 0 aromatic rings. The summed E-state index contributed by atoms with van der Waals surface area (Å²) in [6, 6.07) is 0.382. The van der Waals surface area contributed by atoms with Crippen molar-refractivity contribution >= 4 is 11.8 Å². The predicted octanol–water partition coefficient (Wildman–Crippen LogP) is 2.56. The number of nitrogens with one attached hydrogen (secondary N) is 1. The van der Waals surface area contributed by atoms with Gasteiger partial charge in [0.15, 0.2) is 0 Å². The van der Waals surface area contributed by atoms with Crippen LogP contribution < -0.4 is 11.3 Å². The molecule has 2 saturated heterocycles. The molecule has 0 saturated carbocycles. The number of nitrogens with two attached hydrogens (primary N) is 1. The third-order valence-electron chi connectivity index (χ3n) is 4.52. The quantitative estimate of drug-likeness (QED) is 0.599. The second-order valence-corrected chi connectivity index (χ2v) is 8.13. The van der Waals surface area contributed by atoms with Gasteiger partial charge in [-0.05, 0) is 48.5 Å². The van der Waals surface area contributed by atoms with Crippen LogP contribution in [0.5, 0.6) is 0 Å². The van der Waals surface area contributed by atoms with Gasteiger partial charge in [0.05, 0.1) is 5.60 Å². The van der Waals surface area contributed by atoms with Crippen molar-refractivity contribution in [2.75, 3.05) is 18.1 Å². The molecule has 3 nitrogen and oxygen atoms in total. The Kier molecular flexibility index (Phi) is 4.63. The van der Waals surface area contributed by atoms with Gasteiger partial charge in [0.1, 0.15) is 0 Å². The lowest BCUT2D eigenvalue weighted by molar-refractivity contribution is -0.112. The number of hydrogen-bond acceptors (Lipinski definition) is 4. The molecule has 2 atom stereocenters. The van der Waals surface area contributed by atoms with Crippen LogP contribution in [0.3, 0.4) is 0 Å². The Morgan fingerprint density at radius 2 is 2.00 bits per heavy atom. The summed E-state index contributed by atoms with van der Waals surface area (Å²) >= 11 is 2.06. The van der Waals surface area contributed by atoms with Crippen molar-refractivity contribution in [2.45, 2.75) is 58.1 Å². The summed E-state index contributed by atoms with van der Waals surface area (Å²) < 4.78 is 6.16. The first-order valence-electron chi connectivity index (χ1n) is 7.15. The minimum atomic E-state index is 0.161. The van der Waals surface area contributed by atoms with E-state index in [-0.39, 0.29) is 11.0 Å². The molecule has 0 aliphatic carbocycles. The SMILES string of the molecule is CC(C)(C)C(NN)C1CCOC2(CCSCC2)C1. The Balaban J connectivity index is 2.05. The van der Waals surface area contributed by atoms with Crippen LogP contribution in [0.4, 0.5) is 0 Å². The van der Waals surface area contributed by atoms with Crippen LogP contribution in [-0.4, -0.2) is 29.8 Å². The van der Waals surface area contributed by atoms with Crippen LogP contribution in [0.2, 0.25) is 0 Å². The van der Waals surface area contributed by atoms with Crippen molar-refractivity contribution in [3.8, 4) is 0 Å². The molecular formula is C14H28N2OS. The van der Waals surface area contributed by atoms with Crippen molar-refractivity contribution < 1.29 is 4.74 Å². The molecule has 18 heavy (non-hydrogen) atoms. The fourth-order valence-corrected chi connectivity index (χ4v) is 4.77. The first-order chi connectivity index (χ1) is 8.47. The van der Waals surface area contributed by atoms with Crippen molar-refractivity contribution in [3.63, 3.8) is 0 Å². The molecule has 0 bridgehead atoms. The highest BCUT2D eigenvalue weighted by atomic mass is 32.2. The maximum atomic E-state index is 6.16. The minimum Gasteiger partial charge on any atom is -0.375 e. The summed E-state index contributed by atoms with van der Waals surface area (Å²) in [6.07, 6.45) is 4.76. The Morgan fingerprint density at radius 3 is 2.56 bits per heavy atom. The molecule has 0 radical (unpaired) electrons. The van der Waals surface area contributed by atoms with E-state index in [1.54, 1.807) is 0 Å². The van der Waals surface area contributed by atoms with Crippen molar-refractivity contribution in [2.24, 2.45) is 17.2 Å². The summed E-state index contributed by atoms with van der Waals surface area (Å²) in [7, 11) is 0. The predicted molar refractivity (Wildman–Crippen MR) is 78.5 cm³/mol. The maximum absolute atomic E-state index is 6.16. The number of rotatable bonds is 2. The van der Waals surface area contributed by atoms with Gasteiger partial charge in [0, 0.05) is 12.6 Å². The molecule has 2 aliphatic heterocycles. The molecule has 0 amide bonds. The van der Waals surface area contributed by atoms with E-state index in [4.69, 9.17) is 10.6 Å². The Bertz CT molecular complexity index is 266. The molecule has 0 aromatic carbocycles. The zero-order chi connectivity index (χ0) is 13.2. The topological polar surface area (TPSA) is 47.3 Å². The van der Waals surface area contributed by atoms with E-state index in [1.807, 2.05) is 0 Å². The fraction of sp³-hybridized carbons (Fsp3) is 1.00. The zero-order valence-corrected chi connectivity index (χ0v) is 12.8. The lowest BCUT2D eigenvalue weighted by Gasteiger charge is -2.47. The Hall–Kier alpha value is 0.230. The molecular weight excluding hydrogens is 244 g/mol. The summed E-state index contributed by atoms with van der Waals surface area (Å²) in [5.41, 5.74) is 3.44. The summed E-state index contributed by atoms with van der Waals surface area (Å²) in [5.74, 6) is 8.96. The van der Waals surface area contributed by atoms with Gasteiger partial charge in [-0.25, -0.2) is 0 Å². The first kappa shape index (κ1) is 14.6. The highest BCUT2D eigenvalue weighted by molar-refractivity contribution is 7.99. The molecule has 2 aliphatic rings. The van der Waals surface area contributed by atoms with Gasteiger partial charge >= 0.3 is 0 Å². The third kappa shape index (κ3) is 3.21. The minimum absolute atomic E-state index is 0.161. The third-order valence-corrected chi connectivity index (χ3v) is 5.50. The summed E-state index contributed by atoms with van der Waals surface area (Å²) in [6.45, 7) is 7.73. The van der Waals surface area contributed by atoms with E-state index in [9.17, 15) is 0 Å². The lowest BCUT2D eigenvalue weighted by atomic mass is 9.71. The molecule has 2 heterocycles. The van der Waals surface area contributed by atoms with Gasteiger partial charge in [0.2, 0.25) is 0 Å². The van der Waals surface area contributed by atoms with Gasteiger partial charge in [-0.2, -0.15) is 11.8 Å². The molecule has 3 N–H and O–H groups in total. The van der Waals surface area contributed by atoms with Crippen molar-refractivity contribution in [1.82, 2.24) is 5.43 Å². The van der Waals surface area contributed by atoms with E-state index in [0.29, 0.717) is 12.0 Å². The van der Waals surface area contributed by atoms with Crippen molar-refractivity contribution in [1.29, 1.82) is 0 Å². The molecule has 2 unspecified atom stereocenters. The molecule has 0 aromatic heterocycles. The second-order valence-electron chi connectivity index (χ2n) is 6.91. The zero-order valence-electron chi connectivity index (χ0n) is 12.0. The molecule has 2 fully saturated rings. The lowest BCUT2D eigenvalue weighted by Crippen LogP contribution is -2.54. The molecule has 4 heteroatoms. The average molecular weight is 272 g/mol. The van der Waals surface area contributed by atoms with E-state index in [0.717, 1.165) is 13.0 Å². The maximum Gasteiger partial charge on any atom is 0.0701 e. The van der Waals surface area contributed by atoms with Crippen LogP contribution in [0.25, 0.3) is 0 Å². The van der Waals surface area contributed by atoms with Crippen LogP contribution in [0, 0.1) is 11.3 Å². The van der Waals surface area contributed by atoms with E-state index in [2.05, 4.69) is 38.0 Å². The standard InChI is InChI=1S/C14H28N2OS/c1-13(2,3)12(16-15)11-4-7-17-14(10-11)5-8-18-9-6-14/h11-12,16H,4-10,15H2,1-3H3. The average Bonchev–Trinajstić information content (AvgIpc) is 2.29. The first-order valence-corrected chi connectivity index (χ1v) is 8.30. The molecule has 106 valence electrons. The number of hydrogen-bond donors (Lipinski definition) is 2. The number of thioether (sulfide) groups is 1. The normalized spacial score (nSPS) is 30.3. The second kappa shape index (κ2) is 5.70. The van der Waals surface area contributed by atoms with Crippen molar-refractivity contribution in [3.05, 3.63) is 0 Å². The van der Waals surface area contributed by atoms with Crippen LogP contribution >= 0.6 is 11.8 Å². The van der Waals surface area contributed by atoms with Gasteiger partial charge in [-0.1, -0.05) is 20.8 Å². The largest absolute Gasteiger partial charge is 0.375 e. The van der Waals surface area contributed by atoms with Crippen LogP contribution in [0.1, 0.15) is 46.5 Å². The van der Waals surface area contributed by atoms with Gasteiger partial charge < -0.3 is 4.74 Å². The van der Waals surface area contributed by atoms with Gasteiger partial charge in [-0.3, -0.25) is 11.3 Å². The number of ether oxygens (including phenoxy) is 1. The van der Waals surface area contributed by atoms with Gasteiger partial charge in [-0.15, -0.1) is 0 Å². The fourth-order valence-electron chi connectivity index (χ4n) is 3.54. The smallest absolute Gasteiger partial charge is 0.0701 e. The monoisotopic (exact) mass is 272 g/mol. The molecule has 2 rings (SSSR count). The van der Waals surface area contributed by atoms with Gasteiger partial charge in [0.25, 0.3) is 0 Å². The van der Waals surface area contributed by atoms with E-state index in [1.165, 1.54) is 30.8 Å². The Morgan fingerprint density at radius 1 is 1.33 bits per heavy atom. The van der Waals surface area contributed by atoms with Crippen LogP contribution in [-0.2, 0) is 4.74 Å². The highest BCUT2D eigenvalue weighted by Gasteiger charge is 2.43. The summed E-state index contributed by atoms with van der Waals surface area (Å²) in [4.78, 5) is 0. The highest BCUT2D eigenvalue weighted by Crippen LogP contribution is 2.42. The Labute approximate surface area is 116 Å². The van der Waals surface area contributed by atoms with Crippen LogP contribution in [0.15, 0.2) is 0 Å². The summed E-state index contributed by atoms with van der Waals surface area (Å²) in [5, 5.41) is 0. The van der Waals surface area contributed by atoms with E-state index >= 15 is 0 Å².